The average molecular weight is 667 g/mol. The second-order valence-electron chi connectivity index (χ2n) is 11.1. The summed E-state index contributed by atoms with van der Waals surface area (Å²) in [5.74, 6) is 0. The molecule has 0 aliphatic carbocycles. The second-order valence-corrected chi connectivity index (χ2v) is 11.1. The fourth-order valence-corrected chi connectivity index (χ4v) is 5.55. The molecule has 0 aromatic carbocycles. The van der Waals surface area contributed by atoms with Crippen LogP contribution in [-0.4, -0.2) is 221 Å². The van der Waals surface area contributed by atoms with E-state index in [1.807, 2.05) is 0 Å². The lowest BCUT2D eigenvalue weighted by Gasteiger charge is -2.49. The molecule has 4 aliphatic heterocycles. The molecule has 20 atom stereocenters. The van der Waals surface area contributed by atoms with Crippen LogP contribution in [0.25, 0.3) is 0 Å². The number of hydrogen-bond donors (Lipinski definition) is 14. The van der Waals surface area contributed by atoms with Crippen molar-refractivity contribution in [3.8, 4) is 0 Å². The molecule has 0 aromatic heterocycles. The molecule has 0 saturated carbocycles. The molecule has 1 unspecified atom stereocenters. The summed E-state index contributed by atoms with van der Waals surface area (Å²) in [5, 5.41) is 142. The molecule has 0 amide bonds. The molecule has 45 heavy (non-hydrogen) atoms. The molecule has 0 bridgehead atoms. The molecule has 4 fully saturated rings. The summed E-state index contributed by atoms with van der Waals surface area (Å²) >= 11 is 0. The molecule has 14 N–H and O–H groups in total. The lowest BCUT2D eigenvalue weighted by atomic mass is 9.95. The summed E-state index contributed by atoms with van der Waals surface area (Å²) in [6, 6.07) is 0. The summed E-state index contributed by atoms with van der Waals surface area (Å²) in [6.07, 6.45) is -35.3. The Balaban J connectivity index is 1.43. The zero-order valence-electron chi connectivity index (χ0n) is 23.5. The molecular weight excluding hydrogens is 624 g/mol. The molecule has 264 valence electrons. The zero-order chi connectivity index (χ0) is 33.3. The average Bonchev–Trinajstić information content (AvgIpc) is 3.03. The molecule has 0 aromatic rings. The number of rotatable bonds is 10. The van der Waals surface area contributed by atoms with Gasteiger partial charge in [-0.1, -0.05) is 0 Å². The fraction of sp³-hybridized carbons (Fsp3) is 1.00. The minimum atomic E-state index is -2.02. The van der Waals surface area contributed by atoms with Crippen LogP contribution in [0.15, 0.2) is 0 Å². The summed E-state index contributed by atoms with van der Waals surface area (Å²) in [7, 11) is 0. The molecule has 4 rings (SSSR count). The Hall–Kier alpha value is -0.840. The van der Waals surface area contributed by atoms with E-state index in [4.69, 9.17) is 33.2 Å². The Bertz CT molecular complexity index is 910. The Morgan fingerprint density at radius 1 is 0.333 bits per heavy atom. The van der Waals surface area contributed by atoms with Crippen LogP contribution in [0.4, 0.5) is 0 Å². The van der Waals surface area contributed by atoms with Gasteiger partial charge < -0.3 is 105 Å². The van der Waals surface area contributed by atoms with E-state index >= 15 is 0 Å². The SMILES string of the molecule is OC[C@H]1O[C@@H](O[C@H]2[C@H](O)[C@@H](O)[C@H](O[C@H]3[C@H](O)[C@@H](O)[C@H](O[C@H]4[C@H](O)[C@@H](O)C(O)O[C@@H]4CO)O[C@@H]3CO)O[C@@H]2CO)[C@H](O)[C@@H](O)[C@@H]1O. The highest BCUT2D eigenvalue weighted by molar-refractivity contribution is 4.97. The van der Waals surface area contributed by atoms with Crippen LogP contribution in [0.3, 0.4) is 0 Å². The van der Waals surface area contributed by atoms with E-state index in [9.17, 15) is 71.5 Å². The summed E-state index contributed by atoms with van der Waals surface area (Å²) in [6.45, 7) is -3.39. The zero-order valence-corrected chi connectivity index (χ0v) is 23.5. The van der Waals surface area contributed by atoms with Gasteiger partial charge >= 0.3 is 0 Å². The van der Waals surface area contributed by atoms with Crippen molar-refractivity contribution in [3.05, 3.63) is 0 Å². The van der Waals surface area contributed by atoms with E-state index in [1.54, 1.807) is 0 Å². The van der Waals surface area contributed by atoms with Crippen LogP contribution in [0, 0.1) is 0 Å². The minimum Gasteiger partial charge on any atom is -0.394 e. The Morgan fingerprint density at radius 2 is 0.644 bits per heavy atom. The van der Waals surface area contributed by atoms with Crippen molar-refractivity contribution in [1.82, 2.24) is 0 Å². The smallest absolute Gasteiger partial charge is 0.187 e. The molecule has 0 spiro atoms. The van der Waals surface area contributed by atoms with E-state index in [0.717, 1.165) is 0 Å². The van der Waals surface area contributed by atoms with Gasteiger partial charge in [-0.05, 0) is 0 Å². The van der Waals surface area contributed by atoms with Gasteiger partial charge in [0.15, 0.2) is 25.2 Å². The van der Waals surface area contributed by atoms with Crippen molar-refractivity contribution in [3.63, 3.8) is 0 Å². The Kier molecular flexibility index (Phi) is 12.8. The van der Waals surface area contributed by atoms with Gasteiger partial charge in [0.25, 0.3) is 0 Å². The van der Waals surface area contributed by atoms with Gasteiger partial charge in [-0.3, -0.25) is 0 Å². The lowest BCUT2D eigenvalue weighted by molar-refractivity contribution is -0.387. The van der Waals surface area contributed by atoms with E-state index in [1.165, 1.54) is 0 Å². The van der Waals surface area contributed by atoms with Gasteiger partial charge in [0, 0.05) is 0 Å². The Labute approximate surface area is 254 Å². The maximum absolute atomic E-state index is 10.9. The molecule has 21 heteroatoms. The minimum absolute atomic E-state index is 0.784. The van der Waals surface area contributed by atoms with Crippen molar-refractivity contribution in [1.29, 1.82) is 0 Å². The van der Waals surface area contributed by atoms with Crippen molar-refractivity contribution in [2.75, 3.05) is 26.4 Å². The standard InChI is InChI=1S/C24H42O21/c25-1-5-9(29)10(30)15(35)22(40-5)44-19-7(3-27)42-24(17(37)12(19)32)45-20-8(4-28)41-23(16(36)13(20)33)43-18-6(2-26)39-21(38)14(34)11(18)31/h5-38H,1-4H2/t5-,6-,7-,8-,9-,10+,11-,12-,13-,14-,15-,16-,17-,18-,19-,20-,21?,22+,23+,24+/m1/s1. The largest absolute Gasteiger partial charge is 0.394 e. The van der Waals surface area contributed by atoms with Crippen LogP contribution in [0.5, 0.6) is 0 Å². The van der Waals surface area contributed by atoms with Crippen molar-refractivity contribution < 1.29 is 105 Å². The second kappa shape index (κ2) is 15.6. The predicted molar refractivity (Wildman–Crippen MR) is 134 cm³/mol. The summed E-state index contributed by atoms with van der Waals surface area (Å²) in [4.78, 5) is 0. The molecule has 4 saturated heterocycles. The van der Waals surface area contributed by atoms with Gasteiger partial charge in [-0.2, -0.15) is 0 Å². The topological polar surface area (TPSA) is 348 Å². The first-order chi connectivity index (χ1) is 21.3. The van der Waals surface area contributed by atoms with Crippen molar-refractivity contribution in [2.45, 2.75) is 123 Å². The van der Waals surface area contributed by atoms with Crippen LogP contribution in [0.1, 0.15) is 0 Å². The van der Waals surface area contributed by atoms with E-state index in [2.05, 4.69) is 0 Å². The fourth-order valence-electron chi connectivity index (χ4n) is 5.55. The number of aliphatic hydroxyl groups excluding tert-OH is 14. The molecule has 4 heterocycles. The molecular formula is C24H42O21. The maximum atomic E-state index is 10.9. The van der Waals surface area contributed by atoms with Gasteiger partial charge in [0.1, 0.15) is 97.7 Å². The first-order valence-corrected chi connectivity index (χ1v) is 14.1. The van der Waals surface area contributed by atoms with Gasteiger partial charge in [-0.15, -0.1) is 0 Å². The van der Waals surface area contributed by atoms with Gasteiger partial charge in [-0.25, -0.2) is 0 Å². The third-order valence-electron chi connectivity index (χ3n) is 8.20. The lowest BCUT2D eigenvalue weighted by Crippen LogP contribution is -2.67. The normalized spacial score (nSPS) is 52.9. The number of hydrogen-bond acceptors (Lipinski definition) is 21. The third kappa shape index (κ3) is 7.44. The molecule has 21 nitrogen and oxygen atoms in total. The van der Waals surface area contributed by atoms with E-state index in [-0.39, 0.29) is 0 Å². The number of aliphatic hydroxyl groups is 14. The van der Waals surface area contributed by atoms with Crippen LogP contribution < -0.4 is 0 Å². The highest BCUT2D eigenvalue weighted by Crippen LogP contribution is 2.34. The highest BCUT2D eigenvalue weighted by atomic mass is 16.8. The monoisotopic (exact) mass is 666 g/mol. The van der Waals surface area contributed by atoms with Crippen LogP contribution in [-0.2, 0) is 33.2 Å². The Morgan fingerprint density at radius 3 is 1.02 bits per heavy atom. The van der Waals surface area contributed by atoms with Crippen LogP contribution >= 0.6 is 0 Å². The maximum Gasteiger partial charge on any atom is 0.187 e. The van der Waals surface area contributed by atoms with Crippen molar-refractivity contribution in [2.24, 2.45) is 0 Å². The summed E-state index contributed by atoms with van der Waals surface area (Å²) < 4.78 is 37.7. The third-order valence-corrected chi connectivity index (χ3v) is 8.20. The predicted octanol–water partition coefficient (Wildman–Crippen LogP) is -9.75. The van der Waals surface area contributed by atoms with Gasteiger partial charge in [0.2, 0.25) is 0 Å². The molecule has 4 aliphatic rings. The van der Waals surface area contributed by atoms with Gasteiger partial charge in [0.05, 0.1) is 26.4 Å². The first kappa shape index (κ1) is 37.0. The summed E-state index contributed by atoms with van der Waals surface area (Å²) in [5.41, 5.74) is 0. The van der Waals surface area contributed by atoms with E-state index in [0.29, 0.717) is 0 Å². The quantitative estimate of drug-likeness (QED) is 0.103. The van der Waals surface area contributed by atoms with Crippen LogP contribution in [0.2, 0.25) is 0 Å². The molecule has 0 radical (unpaired) electrons. The van der Waals surface area contributed by atoms with Crippen molar-refractivity contribution >= 4 is 0 Å². The first-order valence-electron chi connectivity index (χ1n) is 14.1. The van der Waals surface area contributed by atoms with E-state index < -0.39 is 149 Å². The number of ether oxygens (including phenoxy) is 7. The highest BCUT2D eigenvalue weighted by Gasteiger charge is 2.55.